The van der Waals surface area contributed by atoms with Crippen LogP contribution >= 0.6 is 11.6 Å². The maximum absolute atomic E-state index is 12.4. The van der Waals surface area contributed by atoms with E-state index in [0.717, 1.165) is 0 Å². The number of hydrogen-bond acceptors (Lipinski definition) is 5. The molecule has 128 valence electrons. The van der Waals surface area contributed by atoms with Gasteiger partial charge < -0.3 is 19.6 Å². The Balaban J connectivity index is 2.12. The summed E-state index contributed by atoms with van der Waals surface area (Å²) in [6.07, 6.45) is 1.60. The molecule has 7 heteroatoms. The van der Waals surface area contributed by atoms with Crippen molar-refractivity contribution in [2.24, 2.45) is 0 Å². The number of aromatic nitrogens is 2. The number of rotatable bonds is 4. The molecule has 0 aliphatic heterocycles. The molecule has 3 aromatic rings. The first-order chi connectivity index (χ1) is 12.0. The minimum absolute atomic E-state index is 0.120. The average Bonchev–Trinajstić information content (AvgIpc) is 2.60. The second-order valence-corrected chi connectivity index (χ2v) is 5.63. The van der Waals surface area contributed by atoms with Crippen molar-refractivity contribution in [3.63, 3.8) is 0 Å². The molecule has 0 saturated carbocycles. The number of nitrogens with one attached hydrogen (secondary N) is 1. The van der Waals surface area contributed by atoms with Crippen molar-refractivity contribution in [1.29, 1.82) is 0 Å². The van der Waals surface area contributed by atoms with E-state index in [2.05, 4.69) is 9.97 Å². The topological polar surface area (TPSA) is 84.4 Å². The summed E-state index contributed by atoms with van der Waals surface area (Å²) in [6.45, 7) is 0. The lowest BCUT2D eigenvalue weighted by atomic mass is 10.2. The van der Waals surface area contributed by atoms with Gasteiger partial charge in [-0.15, -0.1) is 0 Å². The number of halogens is 1. The third kappa shape index (κ3) is 3.44. The van der Waals surface area contributed by atoms with Gasteiger partial charge in [0.2, 0.25) is 0 Å². The summed E-state index contributed by atoms with van der Waals surface area (Å²) in [5.41, 5.74) is 0.766. The zero-order valence-corrected chi connectivity index (χ0v) is 14.3. The van der Waals surface area contributed by atoms with Crippen molar-refractivity contribution in [2.75, 3.05) is 14.2 Å². The summed E-state index contributed by atoms with van der Waals surface area (Å²) in [5.74, 6) is 1.24. The van der Waals surface area contributed by atoms with Crippen LogP contribution in [-0.2, 0) is 0 Å². The van der Waals surface area contributed by atoms with Gasteiger partial charge >= 0.3 is 0 Å². The highest BCUT2D eigenvalue weighted by molar-refractivity contribution is 6.50. The fraction of sp³-hybridized carbons (Fsp3) is 0.111. The van der Waals surface area contributed by atoms with Gasteiger partial charge in [0.15, 0.2) is 17.3 Å². The molecule has 0 spiro atoms. The fourth-order valence-corrected chi connectivity index (χ4v) is 2.62. The van der Waals surface area contributed by atoms with Gasteiger partial charge in [-0.3, -0.25) is 4.79 Å². The maximum atomic E-state index is 12.4. The van der Waals surface area contributed by atoms with Gasteiger partial charge in [-0.05, 0) is 29.8 Å². The smallest absolute Gasteiger partial charge is 0.259 e. The molecular formula is C18H15ClN2O4. The molecule has 0 atom stereocenters. The summed E-state index contributed by atoms with van der Waals surface area (Å²) in [6, 6.07) is 9.76. The molecule has 0 amide bonds. The van der Waals surface area contributed by atoms with Gasteiger partial charge in [0.1, 0.15) is 5.75 Å². The molecule has 25 heavy (non-hydrogen) atoms. The van der Waals surface area contributed by atoms with Crippen LogP contribution in [0.4, 0.5) is 0 Å². The quantitative estimate of drug-likeness (QED) is 0.746. The van der Waals surface area contributed by atoms with Crippen LogP contribution in [0.25, 0.3) is 22.0 Å². The molecule has 1 heterocycles. The summed E-state index contributed by atoms with van der Waals surface area (Å²) < 4.78 is 10.4. The number of H-pyrrole nitrogens is 1. The summed E-state index contributed by atoms with van der Waals surface area (Å²) in [5, 5.41) is 10.1. The lowest BCUT2D eigenvalue weighted by molar-refractivity contribution is 0.355. The lowest BCUT2D eigenvalue weighted by Gasteiger charge is -2.09. The average molecular weight is 359 g/mol. The van der Waals surface area contributed by atoms with Crippen LogP contribution in [-0.4, -0.2) is 29.3 Å². The van der Waals surface area contributed by atoms with E-state index in [1.807, 2.05) is 0 Å². The summed E-state index contributed by atoms with van der Waals surface area (Å²) in [4.78, 5) is 19.4. The molecule has 6 nitrogen and oxygen atoms in total. The van der Waals surface area contributed by atoms with E-state index in [-0.39, 0.29) is 22.2 Å². The maximum Gasteiger partial charge on any atom is 0.259 e. The van der Waals surface area contributed by atoms with Crippen LogP contribution in [0.15, 0.2) is 41.2 Å². The summed E-state index contributed by atoms with van der Waals surface area (Å²) in [7, 11) is 3.00. The molecule has 0 aliphatic carbocycles. The molecule has 0 saturated heterocycles. The predicted octanol–water partition coefficient (Wildman–Crippen LogP) is 3.38. The molecule has 0 radical (unpaired) electrons. The van der Waals surface area contributed by atoms with E-state index in [9.17, 15) is 9.90 Å². The van der Waals surface area contributed by atoms with Crippen LogP contribution in [0, 0.1) is 0 Å². The highest BCUT2D eigenvalue weighted by Crippen LogP contribution is 2.30. The number of benzene rings is 2. The van der Waals surface area contributed by atoms with Gasteiger partial charge in [0.05, 0.1) is 30.2 Å². The third-order valence-electron chi connectivity index (χ3n) is 3.60. The van der Waals surface area contributed by atoms with E-state index in [1.165, 1.54) is 14.2 Å². The van der Waals surface area contributed by atoms with Crippen molar-refractivity contribution < 1.29 is 14.6 Å². The molecule has 0 aliphatic rings. The van der Waals surface area contributed by atoms with Crippen LogP contribution in [0.2, 0.25) is 0 Å². The van der Waals surface area contributed by atoms with Crippen molar-refractivity contribution in [2.45, 2.75) is 0 Å². The Kier molecular flexibility index (Phi) is 4.63. The first-order valence-corrected chi connectivity index (χ1v) is 7.72. The van der Waals surface area contributed by atoms with E-state index < -0.39 is 0 Å². The van der Waals surface area contributed by atoms with Crippen molar-refractivity contribution in [3.8, 4) is 17.2 Å². The number of ether oxygens (including phenoxy) is 2. The standard InChI is InChI=1S/C18H15ClN2O4/c1-24-15-8-12-14(9-16(15)25-2)20-17(21-18(12)23)13(19)7-10-4-3-5-11(22)6-10/h3-9,22H,1-2H3,(H,20,21,23)/b13-7-. The lowest BCUT2D eigenvalue weighted by Crippen LogP contribution is -2.11. The van der Waals surface area contributed by atoms with Crippen LogP contribution in [0.1, 0.15) is 11.4 Å². The Labute approximate surface area is 148 Å². The SMILES string of the molecule is COc1cc2nc(/C(Cl)=C/c3cccc(O)c3)[nH]c(=O)c2cc1OC. The Morgan fingerprint density at radius 1 is 1.20 bits per heavy atom. The molecule has 0 bridgehead atoms. The molecule has 0 fully saturated rings. The number of fused-ring (bicyclic) bond motifs is 1. The number of phenolic OH excluding ortho intramolecular Hbond substituents is 1. The van der Waals surface area contributed by atoms with Gasteiger partial charge in [-0.25, -0.2) is 4.98 Å². The minimum atomic E-state index is -0.344. The second-order valence-electron chi connectivity index (χ2n) is 5.23. The zero-order valence-electron chi connectivity index (χ0n) is 13.5. The van der Waals surface area contributed by atoms with Gasteiger partial charge in [-0.2, -0.15) is 0 Å². The second kappa shape index (κ2) is 6.86. The molecule has 0 unspecified atom stereocenters. The largest absolute Gasteiger partial charge is 0.508 e. The first kappa shape index (κ1) is 16.9. The fourth-order valence-electron chi connectivity index (χ4n) is 2.41. The highest BCUT2D eigenvalue weighted by Gasteiger charge is 2.12. The molecule has 2 N–H and O–H groups in total. The third-order valence-corrected chi connectivity index (χ3v) is 3.89. The summed E-state index contributed by atoms with van der Waals surface area (Å²) >= 11 is 6.29. The Hall–Kier alpha value is -2.99. The number of aromatic hydroxyl groups is 1. The van der Waals surface area contributed by atoms with Crippen LogP contribution in [0.5, 0.6) is 17.2 Å². The van der Waals surface area contributed by atoms with Gasteiger partial charge in [0, 0.05) is 6.07 Å². The van der Waals surface area contributed by atoms with Crippen molar-refractivity contribution in [3.05, 3.63) is 58.1 Å². The normalized spacial score (nSPS) is 11.6. The molecular weight excluding hydrogens is 344 g/mol. The minimum Gasteiger partial charge on any atom is -0.508 e. The first-order valence-electron chi connectivity index (χ1n) is 7.34. The zero-order chi connectivity index (χ0) is 18.0. The number of methoxy groups -OCH3 is 2. The van der Waals surface area contributed by atoms with Crippen LogP contribution in [0.3, 0.4) is 0 Å². The Bertz CT molecular complexity index is 1030. The van der Waals surface area contributed by atoms with Gasteiger partial charge in [-0.1, -0.05) is 23.7 Å². The number of nitrogens with zero attached hydrogens (tertiary/aromatic N) is 1. The Morgan fingerprint density at radius 3 is 2.60 bits per heavy atom. The Morgan fingerprint density at radius 2 is 1.92 bits per heavy atom. The molecule has 3 rings (SSSR count). The number of hydrogen-bond donors (Lipinski definition) is 2. The van der Waals surface area contributed by atoms with E-state index in [0.29, 0.717) is 28.0 Å². The predicted molar refractivity (Wildman–Crippen MR) is 97.3 cm³/mol. The van der Waals surface area contributed by atoms with Crippen LogP contribution < -0.4 is 15.0 Å². The van der Waals surface area contributed by atoms with E-state index in [4.69, 9.17) is 21.1 Å². The van der Waals surface area contributed by atoms with Crippen molar-refractivity contribution >= 4 is 33.6 Å². The highest BCUT2D eigenvalue weighted by atomic mass is 35.5. The van der Waals surface area contributed by atoms with Crippen molar-refractivity contribution in [1.82, 2.24) is 9.97 Å². The van der Waals surface area contributed by atoms with E-state index in [1.54, 1.807) is 42.5 Å². The van der Waals surface area contributed by atoms with E-state index >= 15 is 0 Å². The number of aromatic amines is 1. The number of phenols is 1. The monoisotopic (exact) mass is 358 g/mol. The van der Waals surface area contributed by atoms with Gasteiger partial charge in [0.25, 0.3) is 5.56 Å². The molecule has 2 aromatic carbocycles. The molecule has 1 aromatic heterocycles.